The molecule has 36 heavy (non-hydrogen) atoms. The third-order valence-electron chi connectivity index (χ3n) is 6.38. The van der Waals surface area contributed by atoms with E-state index in [2.05, 4.69) is 36.1 Å². The number of carbonyl (C=O) groups excluding carboxylic acids is 2. The zero-order valence-corrected chi connectivity index (χ0v) is 20.0. The molecule has 4 rings (SSSR count). The molecular weight excluding hydrogens is 476 g/mol. The minimum atomic E-state index is -3.13. The highest BCUT2D eigenvalue weighted by atomic mass is 19.3. The lowest BCUT2D eigenvalue weighted by Gasteiger charge is -2.42. The van der Waals surface area contributed by atoms with Crippen LogP contribution in [0.2, 0.25) is 0 Å². The number of rotatable bonds is 5. The molecule has 0 spiro atoms. The first-order valence-electron chi connectivity index (χ1n) is 11.7. The monoisotopic (exact) mass is 505 g/mol. The third kappa shape index (κ3) is 6.11. The molecule has 12 nitrogen and oxygen atoms in total. The molecule has 2 saturated heterocycles. The average Bonchev–Trinajstić information content (AvgIpc) is 2.85. The van der Waals surface area contributed by atoms with Gasteiger partial charge in [-0.15, -0.1) is 5.10 Å². The highest BCUT2D eigenvalue weighted by Gasteiger charge is 2.48. The minimum absolute atomic E-state index is 0.00159. The highest BCUT2D eigenvalue weighted by molar-refractivity contribution is 5.88. The summed E-state index contributed by atoms with van der Waals surface area (Å²) in [6.45, 7) is 3.38. The third-order valence-corrected chi connectivity index (χ3v) is 6.38. The molecule has 0 saturated carbocycles. The van der Waals surface area contributed by atoms with Crippen LogP contribution in [0.1, 0.15) is 19.8 Å². The number of hydrogen-bond donors (Lipinski definition) is 3. The largest absolute Gasteiger partial charge is 0.414 e. The quantitative estimate of drug-likeness (QED) is 0.555. The number of nitrogens with one attached hydrogen (secondary N) is 3. The fraction of sp³-hybridized carbons (Fsp3) is 0.545. The summed E-state index contributed by atoms with van der Waals surface area (Å²) in [4.78, 5) is 35.9. The number of likely N-dealkylation sites (N-methyl/N-ethyl adjacent to an activating group) is 1. The van der Waals surface area contributed by atoms with Crippen LogP contribution in [0.4, 0.5) is 30.1 Å². The molecule has 14 heteroatoms. The number of amides is 3. The van der Waals surface area contributed by atoms with Crippen LogP contribution in [-0.2, 0) is 0 Å². The minimum Gasteiger partial charge on any atom is -0.391 e. The van der Waals surface area contributed by atoms with Crippen LogP contribution in [0.5, 0.6) is 5.88 Å². The molecule has 0 aliphatic carbocycles. The Balaban J connectivity index is 1.40. The number of halogens is 2. The van der Waals surface area contributed by atoms with Crippen LogP contribution in [0.15, 0.2) is 30.6 Å². The van der Waals surface area contributed by atoms with Crippen LogP contribution in [0.3, 0.4) is 0 Å². The van der Waals surface area contributed by atoms with Gasteiger partial charge in [-0.2, -0.15) is 10.1 Å². The number of carbonyl (C=O) groups is 2. The summed E-state index contributed by atoms with van der Waals surface area (Å²) in [5.74, 6) is -2.61. The van der Waals surface area contributed by atoms with Gasteiger partial charge in [0, 0.05) is 51.1 Å². The number of urea groups is 1. The topological polar surface area (TPSA) is 138 Å². The molecule has 194 valence electrons. The number of aromatic nitrogens is 4. The fourth-order valence-electron chi connectivity index (χ4n) is 4.23. The summed E-state index contributed by atoms with van der Waals surface area (Å²) < 4.78 is 35.0. The number of piperidine rings is 2. The van der Waals surface area contributed by atoms with Gasteiger partial charge in [-0.1, -0.05) is 6.92 Å². The number of anilines is 2. The smallest absolute Gasteiger partial charge is 0.391 e. The van der Waals surface area contributed by atoms with Gasteiger partial charge in [0.05, 0.1) is 0 Å². The van der Waals surface area contributed by atoms with Gasteiger partial charge < -0.3 is 25.2 Å². The van der Waals surface area contributed by atoms with Crippen molar-refractivity contribution in [3.05, 3.63) is 30.6 Å². The van der Waals surface area contributed by atoms with Crippen molar-refractivity contribution < 1.29 is 23.1 Å². The van der Waals surface area contributed by atoms with Crippen LogP contribution in [0.25, 0.3) is 0 Å². The molecule has 2 aliphatic heterocycles. The van der Waals surface area contributed by atoms with Crippen LogP contribution >= 0.6 is 0 Å². The van der Waals surface area contributed by atoms with Gasteiger partial charge in [0.15, 0.2) is 5.82 Å². The van der Waals surface area contributed by atoms with Crippen molar-refractivity contribution in [2.75, 3.05) is 43.4 Å². The standard InChI is InChI=1S/C22H29F2N9O3/c1-14-12-25-9-5-15(14)28-21(35)36-18-6-10-26-19(30-18)33-11-7-22(23,24)16(13-33)32(2)20(34)29-17-4-3-8-27-31-17/h3-4,6,8,10,14-16,25H,5,7,9,11-13H2,1-2H3,(H,28,35)(H,29,31,34)/t14-,15+,16-/m0/s1. The molecule has 0 unspecified atom stereocenters. The molecule has 4 heterocycles. The maximum atomic E-state index is 14.8. The highest BCUT2D eigenvalue weighted by Crippen LogP contribution is 2.33. The summed E-state index contributed by atoms with van der Waals surface area (Å²) in [5, 5.41) is 16.0. The van der Waals surface area contributed by atoms with Crippen molar-refractivity contribution in [2.45, 2.75) is 37.8 Å². The second kappa shape index (κ2) is 10.9. The van der Waals surface area contributed by atoms with Crippen molar-refractivity contribution in [3.8, 4) is 5.88 Å². The van der Waals surface area contributed by atoms with Crippen LogP contribution in [0, 0.1) is 5.92 Å². The van der Waals surface area contributed by atoms with Gasteiger partial charge >= 0.3 is 12.1 Å². The van der Waals surface area contributed by atoms with Crippen LogP contribution in [-0.4, -0.2) is 88.4 Å². The van der Waals surface area contributed by atoms with Crippen molar-refractivity contribution in [3.63, 3.8) is 0 Å². The Hall–Kier alpha value is -3.68. The lowest BCUT2D eigenvalue weighted by Crippen LogP contribution is -2.60. The first-order chi connectivity index (χ1) is 17.2. The molecular formula is C22H29F2N9O3. The van der Waals surface area contributed by atoms with Crippen molar-refractivity contribution >= 4 is 23.9 Å². The second-order valence-corrected chi connectivity index (χ2v) is 8.93. The predicted octanol–water partition coefficient (Wildman–Crippen LogP) is 1.73. The zero-order chi connectivity index (χ0) is 25.7. The van der Waals surface area contributed by atoms with E-state index in [9.17, 15) is 18.4 Å². The van der Waals surface area contributed by atoms with Gasteiger partial charge in [-0.05, 0) is 37.6 Å². The second-order valence-electron chi connectivity index (χ2n) is 8.93. The average molecular weight is 506 g/mol. The van der Waals surface area contributed by atoms with Gasteiger partial charge in [0.1, 0.15) is 6.04 Å². The first kappa shape index (κ1) is 25.4. The Bertz CT molecular complexity index is 1060. The predicted molar refractivity (Wildman–Crippen MR) is 126 cm³/mol. The Labute approximate surface area is 206 Å². The summed E-state index contributed by atoms with van der Waals surface area (Å²) in [6, 6.07) is 2.27. The number of hydrogen-bond acceptors (Lipinski definition) is 9. The molecule has 0 bridgehead atoms. The molecule has 2 aromatic heterocycles. The maximum absolute atomic E-state index is 14.8. The first-order valence-corrected chi connectivity index (χ1v) is 11.7. The van der Waals surface area contributed by atoms with Gasteiger partial charge in [0.2, 0.25) is 11.8 Å². The summed E-state index contributed by atoms with van der Waals surface area (Å²) >= 11 is 0. The molecule has 0 aromatic carbocycles. The number of ether oxygens (including phenoxy) is 1. The molecule has 2 fully saturated rings. The van der Waals surface area contributed by atoms with Crippen molar-refractivity contribution in [2.24, 2.45) is 5.92 Å². The molecule has 2 aliphatic rings. The Morgan fingerprint density at radius 2 is 2.14 bits per heavy atom. The van der Waals surface area contributed by atoms with E-state index in [1.807, 2.05) is 6.92 Å². The molecule has 3 atom stereocenters. The number of nitrogens with zero attached hydrogens (tertiary/aromatic N) is 6. The normalized spacial score (nSPS) is 23.4. The maximum Gasteiger partial charge on any atom is 0.414 e. The zero-order valence-electron chi connectivity index (χ0n) is 20.0. The molecule has 2 aromatic rings. The van der Waals surface area contributed by atoms with E-state index in [0.717, 1.165) is 24.4 Å². The van der Waals surface area contributed by atoms with Gasteiger partial charge in [-0.25, -0.2) is 23.4 Å². The van der Waals surface area contributed by atoms with Crippen LogP contribution < -0.4 is 25.6 Å². The van der Waals surface area contributed by atoms with E-state index in [-0.39, 0.29) is 42.7 Å². The summed E-state index contributed by atoms with van der Waals surface area (Å²) in [6.07, 6.45) is 2.46. The van der Waals surface area contributed by atoms with Gasteiger partial charge in [-0.3, -0.25) is 5.32 Å². The Kier molecular flexibility index (Phi) is 7.72. The van der Waals surface area contributed by atoms with E-state index < -0.39 is 30.5 Å². The van der Waals surface area contributed by atoms with E-state index in [4.69, 9.17) is 4.74 Å². The Morgan fingerprint density at radius 1 is 1.31 bits per heavy atom. The van der Waals surface area contributed by atoms with E-state index in [1.165, 1.54) is 36.5 Å². The molecule has 0 radical (unpaired) electrons. The lowest BCUT2D eigenvalue weighted by molar-refractivity contribution is -0.0760. The fourth-order valence-corrected chi connectivity index (χ4v) is 4.23. The van der Waals surface area contributed by atoms with Crippen molar-refractivity contribution in [1.29, 1.82) is 0 Å². The SMILES string of the molecule is C[C@H]1CNCC[C@H]1NC(=O)Oc1ccnc(N2CCC(F)(F)[C@@H](N(C)C(=O)Nc3cccnn3)C2)n1. The van der Waals surface area contributed by atoms with E-state index >= 15 is 0 Å². The summed E-state index contributed by atoms with van der Waals surface area (Å²) in [7, 11) is 1.29. The van der Waals surface area contributed by atoms with Crippen molar-refractivity contribution in [1.82, 2.24) is 35.7 Å². The number of alkyl halides is 2. The molecule has 3 N–H and O–H groups in total. The lowest BCUT2D eigenvalue weighted by atomic mass is 9.96. The van der Waals surface area contributed by atoms with Gasteiger partial charge in [0.25, 0.3) is 5.92 Å². The van der Waals surface area contributed by atoms with E-state index in [0.29, 0.717) is 0 Å². The Morgan fingerprint density at radius 3 is 2.89 bits per heavy atom. The molecule has 3 amide bonds. The summed E-state index contributed by atoms with van der Waals surface area (Å²) in [5.41, 5.74) is 0. The van der Waals surface area contributed by atoms with E-state index in [1.54, 1.807) is 6.07 Å².